The van der Waals surface area contributed by atoms with E-state index in [9.17, 15) is 9.59 Å². The van der Waals surface area contributed by atoms with Crippen LogP contribution in [0.15, 0.2) is 24.3 Å². The van der Waals surface area contributed by atoms with E-state index in [4.69, 9.17) is 10.5 Å². The van der Waals surface area contributed by atoms with Crippen molar-refractivity contribution in [3.63, 3.8) is 0 Å². The van der Waals surface area contributed by atoms with Crippen molar-refractivity contribution in [3.05, 3.63) is 29.8 Å². The molecule has 0 aliphatic carbocycles. The molecule has 1 aliphatic rings. The summed E-state index contributed by atoms with van der Waals surface area (Å²) in [6.45, 7) is 7.00. The third kappa shape index (κ3) is 4.69. The minimum absolute atomic E-state index is 0.112. The van der Waals surface area contributed by atoms with Crippen molar-refractivity contribution in [2.45, 2.75) is 26.3 Å². The Kier molecular flexibility index (Phi) is 5.98. The van der Waals surface area contributed by atoms with Crippen molar-refractivity contribution in [1.82, 2.24) is 9.80 Å². The Morgan fingerprint density at radius 3 is 2.30 bits per heavy atom. The third-order valence-electron chi connectivity index (χ3n) is 4.22. The molecule has 1 aliphatic heterocycles. The van der Waals surface area contributed by atoms with Crippen molar-refractivity contribution >= 4 is 11.8 Å². The van der Waals surface area contributed by atoms with Gasteiger partial charge in [-0.3, -0.25) is 14.5 Å². The quantitative estimate of drug-likeness (QED) is 0.835. The number of piperazine rings is 1. The van der Waals surface area contributed by atoms with Crippen LogP contribution in [0.25, 0.3) is 0 Å². The van der Waals surface area contributed by atoms with E-state index in [0.29, 0.717) is 39.2 Å². The van der Waals surface area contributed by atoms with Crippen LogP contribution in [0.4, 0.5) is 0 Å². The number of amides is 2. The summed E-state index contributed by atoms with van der Waals surface area (Å²) in [5, 5.41) is 0. The molecule has 0 saturated carbocycles. The molecule has 2 amide bonds. The normalized spacial score (nSPS) is 16.9. The monoisotopic (exact) mass is 319 g/mol. The maximum Gasteiger partial charge on any atom is 0.234 e. The van der Waals surface area contributed by atoms with Gasteiger partial charge in [0.05, 0.1) is 19.1 Å². The summed E-state index contributed by atoms with van der Waals surface area (Å²) in [4.78, 5) is 27.5. The van der Waals surface area contributed by atoms with E-state index in [2.05, 4.69) is 0 Å². The van der Waals surface area contributed by atoms with Gasteiger partial charge in [-0.1, -0.05) is 12.1 Å². The number of ether oxygens (including phenoxy) is 1. The highest BCUT2D eigenvalue weighted by Crippen LogP contribution is 2.14. The van der Waals surface area contributed by atoms with Gasteiger partial charge in [-0.2, -0.15) is 0 Å². The first-order chi connectivity index (χ1) is 11.0. The van der Waals surface area contributed by atoms with Gasteiger partial charge in [0.25, 0.3) is 0 Å². The van der Waals surface area contributed by atoms with Crippen LogP contribution < -0.4 is 10.5 Å². The number of primary amides is 1. The zero-order valence-corrected chi connectivity index (χ0v) is 13.8. The summed E-state index contributed by atoms with van der Waals surface area (Å²) in [6, 6.07) is 7.35. The van der Waals surface area contributed by atoms with Crippen LogP contribution in [0.3, 0.4) is 0 Å². The number of carbonyl (C=O) groups is 2. The highest BCUT2D eigenvalue weighted by molar-refractivity contribution is 5.80. The molecule has 1 unspecified atom stereocenters. The van der Waals surface area contributed by atoms with Crippen LogP contribution >= 0.6 is 0 Å². The van der Waals surface area contributed by atoms with Gasteiger partial charge >= 0.3 is 0 Å². The predicted octanol–water partition coefficient (Wildman–Crippen LogP) is 0.646. The maximum absolute atomic E-state index is 12.4. The van der Waals surface area contributed by atoms with Gasteiger partial charge in [0.15, 0.2) is 0 Å². The van der Waals surface area contributed by atoms with Gasteiger partial charge < -0.3 is 15.4 Å². The van der Waals surface area contributed by atoms with Gasteiger partial charge in [0.1, 0.15) is 5.75 Å². The second-order valence-corrected chi connectivity index (χ2v) is 5.75. The molecule has 126 valence electrons. The van der Waals surface area contributed by atoms with E-state index in [1.54, 1.807) is 6.92 Å². The molecular weight excluding hydrogens is 294 g/mol. The second kappa shape index (κ2) is 7.97. The Morgan fingerprint density at radius 2 is 1.78 bits per heavy atom. The summed E-state index contributed by atoms with van der Waals surface area (Å²) in [5.74, 6) is 0.609. The molecule has 6 nitrogen and oxygen atoms in total. The highest BCUT2D eigenvalue weighted by Gasteiger charge is 2.26. The molecule has 2 rings (SSSR count). The number of hydrogen-bond acceptors (Lipinski definition) is 4. The van der Waals surface area contributed by atoms with E-state index in [-0.39, 0.29) is 17.9 Å². The zero-order valence-electron chi connectivity index (χ0n) is 13.8. The van der Waals surface area contributed by atoms with Crippen LogP contribution in [0.2, 0.25) is 0 Å². The average Bonchev–Trinajstić information content (AvgIpc) is 2.56. The first kappa shape index (κ1) is 17.3. The molecule has 0 spiro atoms. The van der Waals surface area contributed by atoms with E-state index < -0.39 is 0 Å². The molecule has 0 aromatic heterocycles. The van der Waals surface area contributed by atoms with Crippen molar-refractivity contribution in [2.75, 3.05) is 32.8 Å². The Hall–Kier alpha value is -2.08. The van der Waals surface area contributed by atoms with Crippen LogP contribution in [-0.2, 0) is 16.0 Å². The lowest BCUT2D eigenvalue weighted by Gasteiger charge is -2.37. The van der Waals surface area contributed by atoms with Crippen LogP contribution in [-0.4, -0.2) is 60.4 Å². The van der Waals surface area contributed by atoms with Gasteiger partial charge in [-0.05, 0) is 31.5 Å². The van der Waals surface area contributed by atoms with Gasteiger partial charge in [0.2, 0.25) is 11.8 Å². The summed E-state index contributed by atoms with van der Waals surface area (Å²) in [5.41, 5.74) is 6.30. The van der Waals surface area contributed by atoms with E-state index in [1.165, 1.54) is 0 Å². The van der Waals surface area contributed by atoms with Gasteiger partial charge in [-0.15, -0.1) is 0 Å². The molecule has 6 heteroatoms. The predicted molar refractivity (Wildman–Crippen MR) is 88.1 cm³/mol. The molecule has 0 bridgehead atoms. The highest BCUT2D eigenvalue weighted by atomic mass is 16.5. The lowest BCUT2D eigenvalue weighted by Crippen LogP contribution is -2.54. The SMILES string of the molecule is CCOc1ccc(CC(=O)N2CCN(C(C)C(N)=O)CC2)cc1. The zero-order chi connectivity index (χ0) is 16.8. The van der Waals surface area contributed by atoms with E-state index in [0.717, 1.165) is 11.3 Å². The Bertz CT molecular complexity index is 537. The summed E-state index contributed by atoms with van der Waals surface area (Å²) >= 11 is 0. The summed E-state index contributed by atoms with van der Waals surface area (Å²) < 4.78 is 5.40. The maximum atomic E-state index is 12.4. The number of rotatable bonds is 6. The average molecular weight is 319 g/mol. The topological polar surface area (TPSA) is 75.9 Å². The largest absolute Gasteiger partial charge is 0.494 e. The van der Waals surface area contributed by atoms with E-state index >= 15 is 0 Å². The van der Waals surface area contributed by atoms with Crippen molar-refractivity contribution in [2.24, 2.45) is 5.73 Å². The molecular formula is C17H25N3O3. The fraction of sp³-hybridized carbons (Fsp3) is 0.529. The number of nitrogens with zero attached hydrogens (tertiary/aromatic N) is 2. The summed E-state index contributed by atoms with van der Waals surface area (Å²) in [6.07, 6.45) is 0.387. The first-order valence-electron chi connectivity index (χ1n) is 8.04. The Labute approximate surface area is 137 Å². The third-order valence-corrected chi connectivity index (χ3v) is 4.22. The number of hydrogen-bond donors (Lipinski definition) is 1. The Morgan fingerprint density at radius 1 is 1.17 bits per heavy atom. The molecule has 1 aromatic carbocycles. The smallest absolute Gasteiger partial charge is 0.234 e. The number of nitrogens with two attached hydrogens (primary N) is 1. The van der Waals surface area contributed by atoms with Crippen molar-refractivity contribution in [3.8, 4) is 5.75 Å². The fourth-order valence-corrected chi connectivity index (χ4v) is 2.70. The molecule has 1 atom stereocenters. The second-order valence-electron chi connectivity index (χ2n) is 5.75. The number of carbonyl (C=O) groups excluding carboxylic acids is 2. The van der Waals surface area contributed by atoms with Crippen LogP contribution in [0.1, 0.15) is 19.4 Å². The lowest BCUT2D eigenvalue weighted by molar-refractivity contribution is -0.133. The van der Waals surface area contributed by atoms with Crippen LogP contribution in [0.5, 0.6) is 5.75 Å². The molecule has 2 N–H and O–H groups in total. The molecule has 1 fully saturated rings. The van der Waals surface area contributed by atoms with Crippen LogP contribution in [0, 0.1) is 0 Å². The van der Waals surface area contributed by atoms with Gasteiger partial charge in [-0.25, -0.2) is 0 Å². The lowest BCUT2D eigenvalue weighted by atomic mass is 10.1. The standard InChI is InChI=1S/C17H25N3O3/c1-3-23-15-6-4-14(5-7-15)12-16(21)20-10-8-19(9-11-20)13(2)17(18)22/h4-7,13H,3,8-12H2,1-2H3,(H2,18,22). The fourth-order valence-electron chi connectivity index (χ4n) is 2.70. The molecule has 1 heterocycles. The first-order valence-corrected chi connectivity index (χ1v) is 8.04. The van der Waals surface area contributed by atoms with Crippen molar-refractivity contribution < 1.29 is 14.3 Å². The minimum Gasteiger partial charge on any atom is -0.494 e. The molecule has 1 saturated heterocycles. The van der Waals surface area contributed by atoms with Gasteiger partial charge in [0, 0.05) is 26.2 Å². The van der Waals surface area contributed by atoms with Crippen molar-refractivity contribution in [1.29, 1.82) is 0 Å². The number of benzene rings is 1. The Balaban J connectivity index is 1.84. The molecule has 0 radical (unpaired) electrons. The molecule has 1 aromatic rings. The molecule has 23 heavy (non-hydrogen) atoms. The summed E-state index contributed by atoms with van der Waals surface area (Å²) in [7, 11) is 0. The minimum atomic E-state index is -0.320. The van der Waals surface area contributed by atoms with E-state index in [1.807, 2.05) is 41.0 Å².